The zero-order valence-electron chi connectivity index (χ0n) is 15.5. The van der Waals surface area contributed by atoms with Gasteiger partial charge in [0, 0.05) is 58.4 Å². The van der Waals surface area contributed by atoms with Crippen molar-refractivity contribution in [3.63, 3.8) is 0 Å². The second-order valence-electron chi connectivity index (χ2n) is 7.50. The SMILES string of the molecule is O=C(C1CCOCC1)N1CCN(c2ccc(N3CCCCC3)nn2)CC1. The van der Waals surface area contributed by atoms with Gasteiger partial charge in [0.1, 0.15) is 0 Å². The molecule has 142 valence electrons. The summed E-state index contributed by atoms with van der Waals surface area (Å²) in [6, 6.07) is 4.17. The van der Waals surface area contributed by atoms with Crippen LogP contribution in [0.25, 0.3) is 0 Å². The van der Waals surface area contributed by atoms with E-state index in [0.29, 0.717) is 5.91 Å². The Labute approximate surface area is 155 Å². The quantitative estimate of drug-likeness (QED) is 0.816. The van der Waals surface area contributed by atoms with Crippen molar-refractivity contribution < 1.29 is 9.53 Å². The maximum absolute atomic E-state index is 12.6. The number of piperazine rings is 1. The Bertz CT molecular complexity index is 588. The Kier molecular flexibility index (Phi) is 5.53. The molecule has 3 fully saturated rings. The highest BCUT2D eigenvalue weighted by atomic mass is 16.5. The van der Waals surface area contributed by atoms with E-state index < -0.39 is 0 Å². The van der Waals surface area contributed by atoms with E-state index in [1.807, 2.05) is 4.90 Å². The van der Waals surface area contributed by atoms with E-state index in [2.05, 4.69) is 32.1 Å². The minimum absolute atomic E-state index is 0.152. The van der Waals surface area contributed by atoms with Crippen LogP contribution in [0.2, 0.25) is 0 Å². The number of carbonyl (C=O) groups excluding carboxylic acids is 1. The molecule has 1 amide bonds. The van der Waals surface area contributed by atoms with Crippen LogP contribution < -0.4 is 9.80 Å². The van der Waals surface area contributed by atoms with Crippen LogP contribution in [0.1, 0.15) is 32.1 Å². The highest BCUT2D eigenvalue weighted by Gasteiger charge is 2.29. The Morgan fingerprint density at radius 3 is 2.00 bits per heavy atom. The van der Waals surface area contributed by atoms with E-state index >= 15 is 0 Å². The molecule has 3 saturated heterocycles. The highest BCUT2D eigenvalue weighted by Crippen LogP contribution is 2.22. The molecule has 3 aliphatic heterocycles. The fourth-order valence-electron chi connectivity index (χ4n) is 4.14. The summed E-state index contributed by atoms with van der Waals surface area (Å²) >= 11 is 0. The van der Waals surface area contributed by atoms with E-state index in [1.165, 1.54) is 19.3 Å². The maximum atomic E-state index is 12.6. The number of piperidine rings is 1. The van der Waals surface area contributed by atoms with Crippen LogP contribution in [0.5, 0.6) is 0 Å². The zero-order valence-corrected chi connectivity index (χ0v) is 15.5. The van der Waals surface area contributed by atoms with Gasteiger partial charge in [0.25, 0.3) is 0 Å². The van der Waals surface area contributed by atoms with Gasteiger partial charge < -0.3 is 19.4 Å². The fraction of sp³-hybridized carbons (Fsp3) is 0.737. The number of nitrogens with zero attached hydrogens (tertiary/aromatic N) is 5. The first-order chi connectivity index (χ1) is 12.8. The van der Waals surface area contributed by atoms with Crippen molar-refractivity contribution in [3.8, 4) is 0 Å². The molecule has 7 nitrogen and oxygen atoms in total. The Morgan fingerprint density at radius 2 is 1.42 bits per heavy atom. The molecule has 0 aliphatic carbocycles. The van der Waals surface area contributed by atoms with Crippen molar-refractivity contribution in [1.29, 1.82) is 0 Å². The molecule has 26 heavy (non-hydrogen) atoms. The maximum Gasteiger partial charge on any atom is 0.225 e. The number of carbonyl (C=O) groups is 1. The standard InChI is InChI=1S/C19H29N5O2/c25-19(16-6-14-26-15-7-16)24-12-10-23(11-13-24)18-5-4-17(20-21-18)22-8-2-1-3-9-22/h4-5,16H,1-3,6-15H2. The predicted molar refractivity (Wildman–Crippen MR) is 100 cm³/mol. The molecular weight excluding hydrogens is 330 g/mol. The van der Waals surface area contributed by atoms with Gasteiger partial charge in [-0.1, -0.05) is 0 Å². The number of anilines is 2. The van der Waals surface area contributed by atoms with Crippen LogP contribution in [0.15, 0.2) is 12.1 Å². The van der Waals surface area contributed by atoms with Gasteiger partial charge in [-0.2, -0.15) is 0 Å². The second kappa shape index (κ2) is 8.20. The molecule has 7 heteroatoms. The molecular formula is C19H29N5O2. The molecule has 1 aromatic heterocycles. The minimum Gasteiger partial charge on any atom is -0.381 e. The lowest BCUT2D eigenvalue weighted by molar-refractivity contribution is -0.138. The number of aromatic nitrogens is 2. The Balaban J connectivity index is 1.30. The molecule has 0 bridgehead atoms. The van der Waals surface area contributed by atoms with Gasteiger partial charge in [-0.05, 0) is 44.2 Å². The third kappa shape index (κ3) is 3.92. The van der Waals surface area contributed by atoms with E-state index in [9.17, 15) is 4.79 Å². The molecule has 1 aromatic rings. The lowest BCUT2D eigenvalue weighted by Crippen LogP contribution is -2.51. The smallest absolute Gasteiger partial charge is 0.225 e. The number of hydrogen-bond donors (Lipinski definition) is 0. The molecule has 0 aromatic carbocycles. The van der Waals surface area contributed by atoms with Crippen molar-refractivity contribution >= 4 is 17.5 Å². The molecule has 0 spiro atoms. The van der Waals surface area contributed by atoms with Gasteiger partial charge in [0.05, 0.1) is 0 Å². The Hall–Kier alpha value is -1.89. The third-order valence-electron chi connectivity index (χ3n) is 5.80. The summed E-state index contributed by atoms with van der Waals surface area (Å²) < 4.78 is 5.37. The summed E-state index contributed by atoms with van der Waals surface area (Å²) in [6.45, 7) is 6.80. The first-order valence-electron chi connectivity index (χ1n) is 10.0. The summed E-state index contributed by atoms with van der Waals surface area (Å²) in [4.78, 5) is 19.2. The third-order valence-corrected chi connectivity index (χ3v) is 5.80. The lowest BCUT2D eigenvalue weighted by atomic mass is 9.98. The number of rotatable bonds is 3. The normalized spacial score (nSPS) is 22.5. The first-order valence-corrected chi connectivity index (χ1v) is 10.0. The van der Waals surface area contributed by atoms with Crippen LogP contribution in [0, 0.1) is 5.92 Å². The van der Waals surface area contributed by atoms with Crippen LogP contribution >= 0.6 is 0 Å². The zero-order chi connectivity index (χ0) is 17.8. The van der Waals surface area contributed by atoms with Crippen molar-refractivity contribution in [1.82, 2.24) is 15.1 Å². The van der Waals surface area contributed by atoms with Crippen molar-refractivity contribution in [2.45, 2.75) is 32.1 Å². The van der Waals surface area contributed by atoms with Crippen LogP contribution in [0.3, 0.4) is 0 Å². The van der Waals surface area contributed by atoms with Crippen molar-refractivity contribution in [2.75, 3.05) is 62.3 Å². The fourth-order valence-corrected chi connectivity index (χ4v) is 4.14. The monoisotopic (exact) mass is 359 g/mol. The summed E-state index contributed by atoms with van der Waals surface area (Å²) in [5.41, 5.74) is 0. The molecule has 0 N–H and O–H groups in total. The first kappa shape index (κ1) is 17.5. The van der Waals surface area contributed by atoms with E-state index in [4.69, 9.17) is 4.74 Å². The molecule has 3 aliphatic rings. The van der Waals surface area contributed by atoms with Gasteiger partial charge in [-0.15, -0.1) is 10.2 Å². The summed E-state index contributed by atoms with van der Waals surface area (Å²) in [5, 5.41) is 8.90. The van der Waals surface area contributed by atoms with Crippen molar-refractivity contribution in [3.05, 3.63) is 12.1 Å². The molecule has 0 atom stereocenters. The summed E-state index contributed by atoms with van der Waals surface area (Å²) in [7, 11) is 0. The molecule has 0 saturated carbocycles. The highest BCUT2D eigenvalue weighted by molar-refractivity contribution is 5.79. The number of hydrogen-bond acceptors (Lipinski definition) is 6. The van der Waals surface area contributed by atoms with Gasteiger partial charge in [0.2, 0.25) is 5.91 Å². The number of amides is 1. The van der Waals surface area contributed by atoms with E-state index in [-0.39, 0.29) is 5.92 Å². The minimum atomic E-state index is 0.152. The van der Waals surface area contributed by atoms with Crippen LogP contribution in [-0.4, -0.2) is 73.5 Å². The van der Waals surface area contributed by atoms with E-state index in [1.54, 1.807) is 0 Å². The summed E-state index contributed by atoms with van der Waals surface area (Å²) in [6.07, 6.45) is 5.53. The van der Waals surface area contributed by atoms with Gasteiger partial charge >= 0.3 is 0 Å². The van der Waals surface area contributed by atoms with Crippen molar-refractivity contribution in [2.24, 2.45) is 5.92 Å². The molecule has 4 heterocycles. The predicted octanol–water partition coefficient (Wildman–Crippen LogP) is 1.54. The van der Waals surface area contributed by atoms with Gasteiger partial charge in [0.15, 0.2) is 11.6 Å². The van der Waals surface area contributed by atoms with Gasteiger partial charge in [-0.25, -0.2) is 0 Å². The molecule has 4 rings (SSSR count). The van der Waals surface area contributed by atoms with Crippen LogP contribution in [0.4, 0.5) is 11.6 Å². The lowest BCUT2D eigenvalue weighted by Gasteiger charge is -2.37. The average Bonchev–Trinajstić information content (AvgIpc) is 2.75. The largest absolute Gasteiger partial charge is 0.381 e. The number of ether oxygens (including phenoxy) is 1. The average molecular weight is 359 g/mol. The topological polar surface area (TPSA) is 61.8 Å². The molecule has 0 radical (unpaired) electrons. The molecule has 0 unspecified atom stereocenters. The van der Waals surface area contributed by atoms with Crippen LogP contribution in [-0.2, 0) is 9.53 Å². The van der Waals surface area contributed by atoms with E-state index in [0.717, 1.165) is 77.0 Å². The summed E-state index contributed by atoms with van der Waals surface area (Å²) in [5.74, 6) is 2.36. The Morgan fingerprint density at radius 1 is 0.846 bits per heavy atom. The van der Waals surface area contributed by atoms with Gasteiger partial charge in [-0.3, -0.25) is 4.79 Å². The second-order valence-corrected chi connectivity index (χ2v) is 7.50.